The first-order valence-corrected chi connectivity index (χ1v) is 6.80. The molecule has 2 rings (SSSR count). The van der Waals surface area contributed by atoms with Crippen LogP contribution in [0.4, 0.5) is 11.6 Å². The second kappa shape index (κ2) is 6.16. The summed E-state index contributed by atoms with van der Waals surface area (Å²) in [6.45, 7) is 7.78. The van der Waals surface area contributed by atoms with E-state index >= 15 is 0 Å². The quantitative estimate of drug-likeness (QED) is 0.821. The van der Waals surface area contributed by atoms with Crippen LogP contribution in [0, 0.1) is 6.92 Å². The van der Waals surface area contributed by atoms with Gasteiger partial charge in [-0.15, -0.1) is 0 Å². The second-order valence-electron chi connectivity index (χ2n) is 5.14. The van der Waals surface area contributed by atoms with E-state index in [1.807, 2.05) is 25.9 Å². The van der Waals surface area contributed by atoms with E-state index in [9.17, 15) is 0 Å². The Hall–Kier alpha value is -1.40. The molecule has 0 atom stereocenters. The van der Waals surface area contributed by atoms with Crippen LogP contribution in [-0.2, 0) is 0 Å². The molecule has 1 aromatic heterocycles. The summed E-state index contributed by atoms with van der Waals surface area (Å²) in [7, 11) is 4.01. The number of piperazine rings is 1. The van der Waals surface area contributed by atoms with Gasteiger partial charge in [0.15, 0.2) is 0 Å². The van der Waals surface area contributed by atoms with Gasteiger partial charge in [0.05, 0.1) is 0 Å². The Labute approximate surface area is 115 Å². The normalized spacial score (nSPS) is 16.7. The topological polar surface area (TPSA) is 61.5 Å². The van der Waals surface area contributed by atoms with Crippen molar-refractivity contribution in [1.82, 2.24) is 14.9 Å². The zero-order valence-corrected chi connectivity index (χ0v) is 12.1. The van der Waals surface area contributed by atoms with Crippen molar-refractivity contribution < 1.29 is 0 Å². The van der Waals surface area contributed by atoms with Gasteiger partial charge < -0.3 is 15.5 Å². The molecular formula is C13H24N6. The molecule has 2 N–H and O–H groups in total. The molecule has 1 fully saturated rings. The number of aromatic nitrogens is 2. The molecule has 1 saturated heterocycles. The Bertz CT molecular complexity index is 412. The number of hydrogen-bond donors (Lipinski definition) is 1. The standard InChI is InChI=1S/C13H24N6/c1-11-15-12(17(2)3)10-13(16-11)19-8-6-18(5-4-14)7-9-19/h10H,4-9,14H2,1-3H3. The van der Waals surface area contributed by atoms with Gasteiger partial charge >= 0.3 is 0 Å². The molecule has 0 saturated carbocycles. The molecular weight excluding hydrogens is 240 g/mol. The lowest BCUT2D eigenvalue weighted by molar-refractivity contribution is 0.264. The second-order valence-corrected chi connectivity index (χ2v) is 5.14. The smallest absolute Gasteiger partial charge is 0.134 e. The fourth-order valence-electron chi connectivity index (χ4n) is 2.31. The van der Waals surface area contributed by atoms with Gasteiger partial charge in [-0.2, -0.15) is 0 Å². The van der Waals surface area contributed by atoms with Crippen molar-refractivity contribution in [1.29, 1.82) is 0 Å². The first-order chi connectivity index (χ1) is 9.10. The lowest BCUT2D eigenvalue weighted by Crippen LogP contribution is -2.48. The SMILES string of the molecule is Cc1nc(N(C)C)cc(N2CCN(CCN)CC2)n1. The fraction of sp³-hybridized carbons (Fsp3) is 0.692. The predicted octanol–water partition coefficient (Wildman–Crippen LogP) is -0.0683. The van der Waals surface area contributed by atoms with Gasteiger partial charge in [0.2, 0.25) is 0 Å². The van der Waals surface area contributed by atoms with Crippen LogP contribution in [0.15, 0.2) is 6.07 Å². The third-order valence-electron chi connectivity index (χ3n) is 3.41. The van der Waals surface area contributed by atoms with Crippen LogP contribution in [0.1, 0.15) is 5.82 Å². The fourth-order valence-corrected chi connectivity index (χ4v) is 2.31. The van der Waals surface area contributed by atoms with Gasteiger partial charge in [-0.25, -0.2) is 9.97 Å². The summed E-state index contributed by atoms with van der Waals surface area (Å²) in [5.74, 6) is 2.82. The van der Waals surface area contributed by atoms with Gasteiger partial charge in [0.25, 0.3) is 0 Å². The average Bonchev–Trinajstić information content (AvgIpc) is 2.39. The van der Waals surface area contributed by atoms with E-state index in [-0.39, 0.29) is 0 Å². The molecule has 19 heavy (non-hydrogen) atoms. The molecule has 6 nitrogen and oxygen atoms in total. The van der Waals surface area contributed by atoms with Crippen LogP contribution >= 0.6 is 0 Å². The molecule has 0 amide bonds. The molecule has 0 aromatic carbocycles. The van der Waals surface area contributed by atoms with Gasteiger partial charge in [-0.3, -0.25) is 4.90 Å². The van der Waals surface area contributed by atoms with Crippen molar-refractivity contribution in [2.24, 2.45) is 5.73 Å². The van der Waals surface area contributed by atoms with Crippen molar-refractivity contribution in [2.75, 3.05) is 63.2 Å². The lowest BCUT2D eigenvalue weighted by atomic mass is 10.3. The molecule has 0 radical (unpaired) electrons. The number of hydrogen-bond acceptors (Lipinski definition) is 6. The van der Waals surface area contributed by atoms with E-state index in [1.165, 1.54) is 0 Å². The average molecular weight is 264 g/mol. The maximum absolute atomic E-state index is 5.60. The maximum Gasteiger partial charge on any atom is 0.134 e. The summed E-state index contributed by atoms with van der Waals surface area (Å²) < 4.78 is 0. The van der Waals surface area contributed by atoms with Crippen molar-refractivity contribution in [3.05, 3.63) is 11.9 Å². The van der Waals surface area contributed by atoms with Gasteiger partial charge in [-0.05, 0) is 6.92 Å². The summed E-state index contributed by atoms with van der Waals surface area (Å²) in [4.78, 5) is 15.7. The van der Waals surface area contributed by atoms with Crippen molar-refractivity contribution in [3.8, 4) is 0 Å². The van der Waals surface area contributed by atoms with Crippen LogP contribution < -0.4 is 15.5 Å². The van der Waals surface area contributed by atoms with E-state index in [4.69, 9.17) is 5.73 Å². The van der Waals surface area contributed by atoms with E-state index in [0.717, 1.165) is 56.7 Å². The molecule has 106 valence electrons. The molecule has 1 aliphatic heterocycles. The van der Waals surface area contributed by atoms with Crippen molar-refractivity contribution in [3.63, 3.8) is 0 Å². The highest BCUT2D eigenvalue weighted by Crippen LogP contribution is 2.18. The zero-order valence-electron chi connectivity index (χ0n) is 12.1. The van der Waals surface area contributed by atoms with E-state index in [1.54, 1.807) is 0 Å². The van der Waals surface area contributed by atoms with Gasteiger partial charge in [0, 0.05) is 59.4 Å². The monoisotopic (exact) mass is 264 g/mol. The van der Waals surface area contributed by atoms with Crippen LogP contribution in [0.5, 0.6) is 0 Å². The summed E-state index contributed by atoms with van der Waals surface area (Å²) in [5, 5.41) is 0. The van der Waals surface area contributed by atoms with E-state index < -0.39 is 0 Å². The Morgan fingerprint density at radius 3 is 2.47 bits per heavy atom. The molecule has 1 aromatic rings. The third kappa shape index (κ3) is 3.54. The molecule has 0 unspecified atom stereocenters. The van der Waals surface area contributed by atoms with E-state index in [0.29, 0.717) is 0 Å². The minimum Gasteiger partial charge on any atom is -0.363 e. The summed E-state index contributed by atoms with van der Waals surface area (Å²) in [6.07, 6.45) is 0. The van der Waals surface area contributed by atoms with Crippen LogP contribution in [0.2, 0.25) is 0 Å². The highest BCUT2D eigenvalue weighted by atomic mass is 15.3. The molecule has 0 bridgehead atoms. The van der Waals surface area contributed by atoms with Gasteiger partial charge in [0.1, 0.15) is 17.5 Å². The van der Waals surface area contributed by atoms with Crippen LogP contribution in [0.25, 0.3) is 0 Å². The number of nitrogens with two attached hydrogens (primary N) is 1. The number of aryl methyl sites for hydroxylation is 1. The van der Waals surface area contributed by atoms with Crippen LogP contribution in [-0.4, -0.2) is 68.2 Å². The Kier molecular flexibility index (Phi) is 4.55. The minimum absolute atomic E-state index is 0.734. The summed E-state index contributed by atoms with van der Waals surface area (Å²) in [5.41, 5.74) is 5.60. The first-order valence-electron chi connectivity index (χ1n) is 6.80. The Morgan fingerprint density at radius 1 is 1.21 bits per heavy atom. The van der Waals surface area contributed by atoms with Crippen LogP contribution in [0.3, 0.4) is 0 Å². The molecule has 6 heteroatoms. The predicted molar refractivity (Wildman–Crippen MR) is 78.8 cm³/mol. The number of rotatable bonds is 4. The largest absolute Gasteiger partial charge is 0.363 e. The molecule has 1 aliphatic rings. The van der Waals surface area contributed by atoms with Gasteiger partial charge in [-0.1, -0.05) is 0 Å². The van der Waals surface area contributed by atoms with E-state index in [2.05, 4.69) is 25.8 Å². The molecule has 0 aliphatic carbocycles. The highest BCUT2D eigenvalue weighted by Gasteiger charge is 2.18. The minimum atomic E-state index is 0.734. The van der Waals surface area contributed by atoms with Crippen molar-refractivity contribution >= 4 is 11.6 Å². The highest BCUT2D eigenvalue weighted by molar-refractivity contribution is 5.50. The Morgan fingerprint density at radius 2 is 1.89 bits per heavy atom. The third-order valence-corrected chi connectivity index (χ3v) is 3.41. The molecule has 0 spiro atoms. The number of nitrogens with zero attached hydrogens (tertiary/aromatic N) is 5. The number of anilines is 2. The summed E-state index contributed by atoms with van der Waals surface area (Å²) in [6, 6.07) is 2.06. The lowest BCUT2D eigenvalue weighted by Gasteiger charge is -2.35. The summed E-state index contributed by atoms with van der Waals surface area (Å²) >= 11 is 0. The maximum atomic E-state index is 5.60. The molecule has 2 heterocycles. The van der Waals surface area contributed by atoms with Crippen molar-refractivity contribution in [2.45, 2.75) is 6.92 Å². The zero-order chi connectivity index (χ0) is 13.8. The Balaban J connectivity index is 2.06. The first kappa shape index (κ1) is 14.0.